The molecule has 1 N–H and O–H groups in total. The Morgan fingerprint density at radius 3 is 2.00 bits per heavy atom. The molecule has 0 aliphatic carbocycles. The Morgan fingerprint density at radius 2 is 1.46 bits per heavy atom. The van der Waals surface area contributed by atoms with Crippen LogP contribution in [-0.4, -0.2) is 16.7 Å². The predicted molar refractivity (Wildman–Crippen MR) is 156 cm³/mol. The van der Waals surface area contributed by atoms with Gasteiger partial charge in [0, 0.05) is 16.1 Å². The van der Waals surface area contributed by atoms with E-state index in [1.807, 2.05) is 37.4 Å². The number of rotatable bonds is 9. The highest BCUT2D eigenvalue weighted by atomic mass is 35.5. The smallest absolute Gasteiger partial charge is 0.262 e. The number of fused-ring (bicyclic) bond motifs is 1. The standard InChI is InChI=1S/C32H26ClN3O2S/c1-22-34-20-30(39-22)28(21-37-31-27-19-26(33)17-18-29(27)38-36-31)35-32(23-11-5-2-6-12-23,24-13-7-3-8-14-24)25-15-9-4-10-16-25/h2-20,28,35H,21H2,1H3. The highest BCUT2D eigenvalue weighted by molar-refractivity contribution is 7.11. The summed E-state index contributed by atoms with van der Waals surface area (Å²) in [5.41, 5.74) is 3.30. The van der Waals surface area contributed by atoms with Crippen molar-refractivity contribution in [2.45, 2.75) is 18.5 Å². The Hall–Kier alpha value is -3.97. The summed E-state index contributed by atoms with van der Waals surface area (Å²) in [6.07, 6.45) is 1.92. The summed E-state index contributed by atoms with van der Waals surface area (Å²) in [6, 6.07) is 36.7. The lowest BCUT2D eigenvalue weighted by Gasteiger charge is -2.40. The topological polar surface area (TPSA) is 60.2 Å². The minimum absolute atomic E-state index is 0.234. The van der Waals surface area contributed by atoms with Crippen molar-refractivity contribution < 1.29 is 9.26 Å². The van der Waals surface area contributed by atoms with Crippen molar-refractivity contribution in [2.24, 2.45) is 0 Å². The number of hydrogen-bond donors (Lipinski definition) is 1. The molecule has 0 radical (unpaired) electrons. The number of aryl methyl sites for hydroxylation is 1. The molecule has 2 aromatic heterocycles. The molecule has 0 fully saturated rings. The van der Waals surface area contributed by atoms with Crippen LogP contribution in [0.15, 0.2) is 120 Å². The Balaban J connectivity index is 1.47. The molecule has 0 spiro atoms. The number of aromatic nitrogens is 2. The van der Waals surface area contributed by atoms with E-state index in [2.05, 4.69) is 88.3 Å². The number of thiazole rings is 1. The van der Waals surface area contributed by atoms with Crippen molar-refractivity contribution in [2.75, 3.05) is 6.61 Å². The van der Waals surface area contributed by atoms with Gasteiger partial charge in [-0.2, -0.15) is 0 Å². The molecule has 39 heavy (non-hydrogen) atoms. The largest absolute Gasteiger partial charge is 0.473 e. The first-order valence-electron chi connectivity index (χ1n) is 12.7. The molecule has 0 bridgehead atoms. The summed E-state index contributed by atoms with van der Waals surface area (Å²) >= 11 is 7.90. The molecule has 6 aromatic rings. The molecule has 0 amide bonds. The lowest BCUT2D eigenvalue weighted by Crippen LogP contribution is -2.47. The molecule has 5 nitrogen and oxygen atoms in total. The average molecular weight is 552 g/mol. The van der Waals surface area contributed by atoms with Gasteiger partial charge < -0.3 is 9.26 Å². The highest BCUT2D eigenvalue weighted by Gasteiger charge is 2.39. The SMILES string of the molecule is Cc1ncc(C(COc2noc3ccc(Cl)cc23)NC(c2ccccc2)(c2ccccc2)c2ccccc2)s1. The van der Waals surface area contributed by atoms with E-state index >= 15 is 0 Å². The quantitative estimate of drug-likeness (QED) is 0.185. The zero-order valence-electron chi connectivity index (χ0n) is 21.3. The summed E-state index contributed by atoms with van der Waals surface area (Å²) in [5.74, 6) is 0.408. The first kappa shape index (κ1) is 25.3. The van der Waals surface area contributed by atoms with Crippen LogP contribution < -0.4 is 10.1 Å². The third-order valence-electron chi connectivity index (χ3n) is 6.78. The van der Waals surface area contributed by atoms with Gasteiger partial charge >= 0.3 is 0 Å². The Morgan fingerprint density at radius 1 is 0.872 bits per heavy atom. The predicted octanol–water partition coefficient (Wildman–Crippen LogP) is 7.95. The number of benzene rings is 4. The second kappa shape index (κ2) is 11.0. The third kappa shape index (κ3) is 5.06. The van der Waals surface area contributed by atoms with Gasteiger partial charge in [0.15, 0.2) is 5.58 Å². The molecule has 1 atom stereocenters. The van der Waals surface area contributed by atoms with E-state index < -0.39 is 5.54 Å². The highest BCUT2D eigenvalue weighted by Crippen LogP contribution is 2.40. The fourth-order valence-electron chi connectivity index (χ4n) is 4.96. The summed E-state index contributed by atoms with van der Waals surface area (Å²) in [6.45, 7) is 2.31. The summed E-state index contributed by atoms with van der Waals surface area (Å²) in [7, 11) is 0. The molecular weight excluding hydrogens is 526 g/mol. The maximum atomic E-state index is 6.35. The third-order valence-corrected chi connectivity index (χ3v) is 8.04. The average Bonchev–Trinajstić information content (AvgIpc) is 3.60. The van der Waals surface area contributed by atoms with Gasteiger partial charge in [-0.15, -0.1) is 11.3 Å². The summed E-state index contributed by atoms with van der Waals surface area (Å²) in [4.78, 5) is 5.62. The molecule has 0 saturated carbocycles. The van der Waals surface area contributed by atoms with Gasteiger partial charge in [0.25, 0.3) is 5.88 Å². The molecule has 194 valence electrons. The molecule has 6 rings (SSSR count). The van der Waals surface area contributed by atoms with Crippen molar-refractivity contribution in [3.05, 3.63) is 147 Å². The second-order valence-corrected chi connectivity index (χ2v) is 11.0. The van der Waals surface area contributed by atoms with Crippen molar-refractivity contribution >= 4 is 33.9 Å². The van der Waals surface area contributed by atoms with Gasteiger partial charge in [-0.25, -0.2) is 4.98 Å². The van der Waals surface area contributed by atoms with E-state index in [0.29, 0.717) is 23.1 Å². The molecule has 7 heteroatoms. The molecule has 1 unspecified atom stereocenters. The van der Waals surface area contributed by atoms with E-state index in [-0.39, 0.29) is 6.04 Å². The van der Waals surface area contributed by atoms with Crippen molar-refractivity contribution in [1.29, 1.82) is 0 Å². The van der Waals surface area contributed by atoms with Crippen LogP contribution in [0.3, 0.4) is 0 Å². The number of hydrogen-bond acceptors (Lipinski definition) is 6. The molecule has 4 aromatic carbocycles. The second-order valence-electron chi connectivity index (χ2n) is 9.27. The molecular formula is C32H26ClN3O2S. The maximum Gasteiger partial charge on any atom is 0.262 e. The van der Waals surface area contributed by atoms with Crippen LogP contribution in [0.5, 0.6) is 5.88 Å². The van der Waals surface area contributed by atoms with Gasteiger partial charge in [0.1, 0.15) is 6.61 Å². The van der Waals surface area contributed by atoms with Crippen LogP contribution in [-0.2, 0) is 5.54 Å². The lowest BCUT2D eigenvalue weighted by molar-refractivity contribution is 0.229. The van der Waals surface area contributed by atoms with E-state index in [4.69, 9.17) is 20.9 Å². The van der Waals surface area contributed by atoms with Gasteiger partial charge in [-0.05, 0) is 47.0 Å². The number of nitrogens with one attached hydrogen (secondary N) is 1. The van der Waals surface area contributed by atoms with Crippen molar-refractivity contribution in [3.63, 3.8) is 0 Å². The normalized spacial score (nSPS) is 12.5. The Bertz CT molecular complexity index is 1570. The first-order chi connectivity index (χ1) is 19.1. The zero-order valence-corrected chi connectivity index (χ0v) is 22.8. The summed E-state index contributed by atoms with van der Waals surface area (Å²) in [5, 5.41) is 10.5. The minimum Gasteiger partial charge on any atom is -0.473 e. The monoisotopic (exact) mass is 551 g/mol. The van der Waals surface area contributed by atoms with Crippen LogP contribution in [0.25, 0.3) is 11.0 Å². The van der Waals surface area contributed by atoms with Crippen LogP contribution in [0.1, 0.15) is 32.6 Å². The summed E-state index contributed by atoms with van der Waals surface area (Å²) < 4.78 is 11.8. The molecule has 0 aliphatic rings. The van der Waals surface area contributed by atoms with E-state index in [0.717, 1.165) is 32.0 Å². The fourth-order valence-corrected chi connectivity index (χ4v) is 5.96. The van der Waals surface area contributed by atoms with Gasteiger partial charge in [-0.1, -0.05) is 103 Å². The number of ether oxygens (including phenoxy) is 1. The van der Waals surface area contributed by atoms with Crippen LogP contribution >= 0.6 is 22.9 Å². The fraction of sp³-hybridized carbons (Fsp3) is 0.125. The van der Waals surface area contributed by atoms with Gasteiger partial charge in [-0.3, -0.25) is 5.32 Å². The Kier molecular flexibility index (Phi) is 7.16. The van der Waals surface area contributed by atoms with Gasteiger partial charge in [0.2, 0.25) is 0 Å². The Labute approximate surface area is 236 Å². The van der Waals surface area contributed by atoms with E-state index in [9.17, 15) is 0 Å². The van der Waals surface area contributed by atoms with Crippen molar-refractivity contribution in [1.82, 2.24) is 15.5 Å². The van der Waals surface area contributed by atoms with Crippen molar-refractivity contribution in [3.8, 4) is 5.88 Å². The van der Waals surface area contributed by atoms with Gasteiger partial charge in [0.05, 0.1) is 22.0 Å². The van der Waals surface area contributed by atoms with Crippen LogP contribution in [0.2, 0.25) is 5.02 Å². The molecule has 0 aliphatic heterocycles. The number of halogens is 1. The van der Waals surface area contributed by atoms with Crippen LogP contribution in [0, 0.1) is 6.92 Å². The number of nitrogens with zero attached hydrogens (tertiary/aromatic N) is 2. The van der Waals surface area contributed by atoms with Crippen LogP contribution in [0.4, 0.5) is 0 Å². The first-order valence-corrected chi connectivity index (χ1v) is 13.9. The lowest BCUT2D eigenvalue weighted by atomic mass is 9.76. The zero-order chi connectivity index (χ0) is 26.7. The van der Waals surface area contributed by atoms with E-state index in [1.54, 1.807) is 23.5 Å². The van der Waals surface area contributed by atoms with E-state index in [1.165, 1.54) is 0 Å². The minimum atomic E-state index is -0.676. The molecule has 2 heterocycles. The molecule has 0 saturated heterocycles. The maximum absolute atomic E-state index is 6.35.